The molecule has 0 radical (unpaired) electrons. The fourth-order valence-electron chi connectivity index (χ4n) is 3.10. The summed E-state index contributed by atoms with van der Waals surface area (Å²) in [5.74, 6) is -1.70. The number of rotatable bonds is 9. The number of carboxylic acid groups (broad SMARTS) is 1. The molecule has 2 heterocycles. The minimum Gasteiger partial charge on any atom is -0.481 e. The van der Waals surface area contributed by atoms with Crippen LogP contribution in [0.5, 0.6) is 0 Å². The van der Waals surface area contributed by atoms with E-state index in [1.807, 2.05) is 32.0 Å². The van der Waals surface area contributed by atoms with Crippen LogP contribution in [0, 0.1) is 23.3 Å². The molecule has 0 bridgehead atoms. The lowest BCUT2D eigenvalue weighted by Gasteiger charge is -2.24. The summed E-state index contributed by atoms with van der Waals surface area (Å²) < 4.78 is 0. The van der Waals surface area contributed by atoms with Crippen molar-refractivity contribution >= 4 is 17.6 Å². The predicted octanol–water partition coefficient (Wildman–Crippen LogP) is 2.93. The molecule has 148 valence electrons. The van der Waals surface area contributed by atoms with Gasteiger partial charge in [0.25, 0.3) is 0 Å². The number of hydrogen-bond donors (Lipinski definition) is 4. The Hall–Kier alpha value is -3.36. The van der Waals surface area contributed by atoms with Crippen LogP contribution in [0.25, 0.3) is 11.1 Å². The van der Waals surface area contributed by atoms with Gasteiger partial charge in [-0.25, -0.2) is 4.98 Å². The van der Waals surface area contributed by atoms with Crippen LogP contribution in [0.4, 0.5) is 5.82 Å². The third-order valence-corrected chi connectivity index (χ3v) is 4.44. The summed E-state index contributed by atoms with van der Waals surface area (Å²) in [6.45, 7) is 3.89. The number of nitrogens with two attached hydrogens (primary N) is 2. The Bertz CT molecular complexity index is 850. The maximum Gasteiger partial charge on any atom is 0.307 e. The van der Waals surface area contributed by atoms with Crippen molar-refractivity contribution in [2.75, 3.05) is 5.73 Å². The van der Waals surface area contributed by atoms with Crippen molar-refractivity contribution in [3.63, 3.8) is 0 Å². The Labute approximate surface area is 163 Å². The second-order valence-corrected chi connectivity index (χ2v) is 7.02. The molecule has 0 fully saturated rings. The Morgan fingerprint density at radius 1 is 1.21 bits per heavy atom. The first-order chi connectivity index (χ1) is 13.3. The zero-order valence-corrected chi connectivity index (χ0v) is 15.9. The molecule has 6 N–H and O–H groups in total. The van der Waals surface area contributed by atoms with Crippen molar-refractivity contribution < 1.29 is 9.90 Å². The van der Waals surface area contributed by atoms with E-state index in [4.69, 9.17) is 17.0 Å². The number of carboxylic acids is 1. The van der Waals surface area contributed by atoms with Gasteiger partial charge in [-0.05, 0) is 36.1 Å². The summed E-state index contributed by atoms with van der Waals surface area (Å²) in [6.07, 6.45) is 4.04. The van der Waals surface area contributed by atoms with Gasteiger partial charge in [0.1, 0.15) is 11.7 Å². The molecule has 0 saturated carbocycles. The maximum absolute atomic E-state index is 11.8. The quantitative estimate of drug-likeness (QED) is 0.225. The monoisotopic (exact) mass is 383 g/mol. The summed E-state index contributed by atoms with van der Waals surface area (Å²) >= 11 is 0. The van der Waals surface area contributed by atoms with Crippen molar-refractivity contribution in [1.82, 2.24) is 9.97 Å². The van der Waals surface area contributed by atoms with Gasteiger partial charge in [-0.3, -0.25) is 9.78 Å². The molecule has 0 aliphatic carbocycles. The Kier molecular flexibility index (Phi) is 7.14. The van der Waals surface area contributed by atoms with E-state index in [1.165, 1.54) is 0 Å². The Morgan fingerprint density at radius 2 is 1.96 bits per heavy atom. The highest BCUT2D eigenvalue weighted by atomic mass is 16.4. The number of nitrogens with one attached hydrogen (secondary N) is 1. The number of pyridine rings is 2. The molecule has 0 saturated heterocycles. The van der Waals surface area contributed by atoms with Gasteiger partial charge in [-0.1, -0.05) is 25.1 Å². The van der Waals surface area contributed by atoms with Gasteiger partial charge in [-0.15, -0.1) is 5.10 Å². The number of carbonyl (C=O) groups is 1. The molecule has 2 aromatic heterocycles. The molecule has 2 unspecified atom stereocenters. The van der Waals surface area contributed by atoms with Crippen LogP contribution in [-0.4, -0.2) is 26.9 Å². The van der Waals surface area contributed by atoms with E-state index in [0.29, 0.717) is 17.9 Å². The first-order valence-electron chi connectivity index (χ1n) is 8.91. The lowest BCUT2D eigenvalue weighted by atomic mass is 9.82. The Morgan fingerprint density at radius 3 is 2.50 bits per heavy atom. The van der Waals surface area contributed by atoms with Gasteiger partial charge in [0.05, 0.1) is 5.92 Å². The first kappa shape index (κ1) is 20.9. The minimum absolute atomic E-state index is 0.0239. The molecule has 9 heteroatoms. The number of aliphatic carboxylic acids is 1. The molecular weight excluding hydrogens is 358 g/mol. The second kappa shape index (κ2) is 9.54. The predicted molar refractivity (Wildman–Crippen MR) is 106 cm³/mol. The van der Waals surface area contributed by atoms with Gasteiger partial charge < -0.3 is 16.6 Å². The number of anilines is 1. The van der Waals surface area contributed by atoms with E-state index in [2.05, 4.69) is 20.3 Å². The fourth-order valence-corrected chi connectivity index (χ4v) is 3.10. The highest BCUT2D eigenvalue weighted by Crippen LogP contribution is 2.26. The number of nitrogens with zero attached hydrogens (tertiary/aromatic N) is 4. The maximum atomic E-state index is 11.8. The van der Waals surface area contributed by atoms with E-state index in [-0.39, 0.29) is 18.2 Å². The third kappa shape index (κ3) is 5.57. The number of aromatic nitrogens is 2. The molecule has 2 aromatic rings. The van der Waals surface area contributed by atoms with E-state index in [9.17, 15) is 9.90 Å². The van der Waals surface area contributed by atoms with Crippen LogP contribution in [0.15, 0.2) is 47.0 Å². The second-order valence-electron chi connectivity index (χ2n) is 7.02. The summed E-state index contributed by atoms with van der Waals surface area (Å²) in [4.78, 5) is 20.2. The van der Waals surface area contributed by atoms with Crippen molar-refractivity contribution in [3.8, 4) is 11.1 Å². The molecule has 0 spiro atoms. The topological polar surface area (TPSA) is 164 Å². The SMILES string of the molecule is CC(C)CC(C(=O)O)C(Cc1ccc(-c2ccnc(N)c2)cn1)C(N)=NN=N. The summed E-state index contributed by atoms with van der Waals surface area (Å²) in [7, 11) is 0. The largest absolute Gasteiger partial charge is 0.481 e. The minimum atomic E-state index is -0.953. The highest BCUT2D eigenvalue weighted by Gasteiger charge is 2.32. The zero-order chi connectivity index (χ0) is 20.7. The number of amidine groups is 1. The molecule has 0 aliphatic heterocycles. The van der Waals surface area contributed by atoms with Crippen molar-refractivity contribution in [2.24, 2.45) is 33.8 Å². The summed E-state index contributed by atoms with van der Waals surface area (Å²) in [5.41, 5.74) is 21.0. The first-order valence-corrected chi connectivity index (χ1v) is 8.91. The number of nitrogen functional groups attached to an aromatic ring is 1. The molecule has 28 heavy (non-hydrogen) atoms. The average Bonchev–Trinajstić information content (AvgIpc) is 2.65. The average molecular weight is 383 g/mol. The summed E-state index contributed by atoms with van der Waals surface area (Å²) in [6, 6.07) is 7.29. The normalized spacial score (nSPS) is 13.9. The van der Waals surface area contributed by atoms with Crippen LogP contribution in [0.1, 0.15) is 26.0 Å². The molecule has 0 amide bonds. The van der Waals surface area contributed by atoms with E-state index >= 15 is 0 Å². The molecule has 9 nitrogen and oxygen atoms in total. The van der Waals surface area contributed by atoms with E-state index in [1.54, 1.807) is 18.5 Å². The van der Waals surface area contributed by atoms with Crippen LogP contribution < -0.4 is 11.5 Å². The van der Waals surface area contributed by atoms with Crippen molar-refractivity contribution in [2.45, 2.75) is 26.7 Å². The molecule has 0 aliphatic rings. The Balaban J connectivity index is 2.29. The van der Waals surface area contributed by atoms with Crippen LogP contribution in [0.2, 0.25) is 0 Å². The van der Waals surface area contributed by atoms with Gasteiger partial charge >= 0.3 is 5.97 Å². The lowest BCUT2D eigenvalue weighted by Crippen LogP contribution is -2.37. The molecular formula is C19H25N7O2. The smallest absolute Gasteiger partial charge is 0.307 e. The zero-order valence-electron chi connectivity index (χ0n) is 15.9. The van der Waals surface area contributed by atoms with Gasteiger partial charge in [0.2, 0.25) is 0 Å². The van der Waals surface area contributed by atoms with Crippen molar-refractivity contribution in [3.05, 3.63) is 42.4 Å². The third-order valence-electron chi connectivity index (χ3n) is 4.44. The standard InChI is InChI=1S/C19H25N7O2/c1-11(2)7-16(19(27)28)15(18(21)25-26-22)9-14-4-3-13(10-24-14)12-5-6-23-17(20)8-12/h3-6,8,10-11,15-16H,7,9H2,1-2H3,(H2,20,23)(H,27,28)(H3,21,22,25). The summed E-state index contributed by atoms with van der Waals surface area (Å²) in [5, 5.41) is 16.2. The van der Waals surface area contributed by atoms with E-state index < -0.39 is 17.8 Å². The van der Waals surface area contributed by atoms with E-state index in [0.717, 1.165) is 11.1 Å². The van der Waals surface area contributed by atoms with Crippen LogP contribution in [-0.2, 0) is 11.2 Å². The highest BCUT2D eigenvalue weighted by molar-refractivity contribution is 5.87. The lowest BCUT2D eigenvalue weighted by molar-refractivity contribution is -0.143. The van der Waals surface area contributed by atoms with Crippen molar-refractivity contribution in [1.29, 1.82) is 5.53 Å². The van der Waals surface area contributed by atoms with Crippen LogP contribution >= 0.6 is 0 Å². The fraction of sp³-hybridized carbons (Fsp3) is 0.368. The molecule has 2 atom stereocenters. The van der Waals surface area contributed by atoms with Gasteiger partial charge in [-0.2, -0.15) is 5.53 Å². The molecule has 2 rings (SSSR count). The van der Waals surface area contributed by atoms with Gasteiger partial charge in [0.15, 0.2) is 0 Å². The number of hydrogen-bond acceptors (Lipinski definition) is 6. The molecule has 0 aromatic carbocycles. The van der Waals surface area contributed by atoms with Gasteiger partial charge in [0, 0.05) is 36.0 Å². The van der Waals surface area contributed by atoms with Crippen LogP contribution in [0.3, 0.4) is 0 Å².